The highest BCUT2D eigenvalue weighted by molar-refractivity contribution is 5.95. The molecule has 0 saturated heterocycles. The first kappa shape index (κ1) is 16.0. The number of fused-ring (bicyclic) bond motifs is 1. The maximum absolute atomic E-state index is 14.5. The number of aromatic nitrogens is 3. The molecule has 7 heteroatoms. The fourth-order valence-corrected chi connectivity index (χ4v) is 3.16. The van der Waals surface area contributed by atoms with Gasteiger partial charge in [0.05, 0.1) is 5.57 Å². The van der Waals surface area contributed by atoms with Crippen LogP contribution in [0.15, 0.2) is 65.9 Å². The summed E-state index contributed by atoms with van der Waals surface area (Å²) >= 11 is 0. The Bertz CT molecular complexity index is 1030. The van der Waals surface area contributed by atoms with E-state index in [9.17, 15) is 9.18 Å². The first-order chi connectivity index (χ1) is 12.6. The number of hydrogen-bond acceptors (Lipinski definition) is 4. The van der Waals surface area contributed by atoms with E-state index in [1.165, 1.54) is 10.7 Å². The number of nitrogens with zero attached hydrogens (tertiary/aromatic N) is 3. The van der Waals surface area contributed by atoms with Crippen LogP contribution in [0.25, 0.3) is 11.4 Å². The van der Waals surface area contributed by atoms with Crippen LogP contribution in [0.5, 0.6) is 0 Å². The summed E-state index contributed by atoms with van der Waals surface area (Å²) in [6.45, 7) is 1.72. The molecule has 3 N–H and O–H groups in total. The zero-order valence-corrected chi connectivity index (χ0v) is 14.0. The minimum absolute atomic E-state index is 0.257. The summed E-state index contributed by atoms with van der Waals surface area (Å²) in [6.07, 6.45) is 0. The number of allylic oxidation sites excluding steroid dienone is 1. The predicted molar refractivity (Wildman–Crippen MR) is 95.5 cm³/mol. The van der Waals surface area contributed by atoms with Crippen LogP contribution in [0.2, 0.25) is 0 Å². The Morgan fingerprint density at radius 1 is 1.15 bits per heavy atom. The van der Waals surface area contributed by atoms with Crippen LogP contribution in [0, 0.1) is 5.82 Å². The molecule has 0 saturated carbocycles. The van der Waals surface area contributed by atoms with Gasteiger partial charge in [0.15, 0.2) is 5.82 Å². The van der Waals surface area contributed by atoms with Gasteiger partial charge in [-0.25, -0.2) is 9.07 Å². The lowest BCUT2D eigenvalue weighted by Gasteiger charge is -2.27. The van der Waals surface area contributed by atoms with Crippen LogP contribution < -0.4 is 11.1 Å². The molecule has 1 aromatic heterocycles. The van der Waals surface area contributed by atoms with E-state index >= 15 is 0 Å². The molecule has 4 rings (SSSR count). The van der Waals surface area contributed by atoms with Crippen LogP contribution in [-0.2, 0) is 4.79 Å². The first-order valence-corrected chi connectivity index (χ1v) is 8.10. The van der Waals surface area contributed by atoms with Crippen LogP contribution in [0.4, 0.5) is 10.3 Å². The smallest absolute Gasteiger partial charge is 0.248 e. The predicted octanol–water partition coefficient (Wildman–Crippen LogP) is 2.86. The number of primary amides is 1. The lowest BCUT2D eigenvalue weighted by Crippen LogP contribution is -2.32. The van der Waals surface area contributed by atoms with Gasteiger partial charge in [0.2, 0.25) is 11.9 Å². The maximum Gasteiger partial charge on any atom is 0.248 e. The highest BCUT2D eigenvalue weighted by Crippen LogP contribution is 2.36. The maximum atomic E-state index is 14.5. The highest BCUT2D eigenvalue weighted by atomic mass is 19.1. The Morgan fingerprint density at radius 2 is 1.85 bits per heavy atom. The van der Waals surface area contributed by atoms with Gasteiger partial charge in [-0.3, -0.25) is 4.79 Å². The molecule has 0 fully saturated rings. The van der Waals surface area contributed by atoms with Crippen LogP contribution >= 0.6 is 0 Å². The standard InChI is InChI=1S/C19H16FN5O/c1-11-15(17(21)26)16(13-9-5-6-10-14(13)20)25-19(22-11)23-18(24-25)12-7-3-2-4-8-12/h2-10,16H,1H3,(H2,21,26)(H,22,23,24). The molecule has 0 bridgehead atoms. The monoisotopic (exact) mass is 349 g/mol. The molecular weight excluding hydrogens is 333 g/mol. The Kier molecular flexibility index (Phi) is 3.76. The highest BCUT2D eigenvalue weighted by Gasteiger charge is 2.34. The molecule has 0 aliphatic carbocycles. The van der Waals surface area contributed by atoms with Crippen molar-refractivity contribution >= 4 is 11.9 Å². The van der Waals surface area contributed by atoms with Crippen molar-refractivity contribution in [1.29, 1.82) is 0 Å². The van der Waals surface area contributed by atoms with Gasteiger partial charge < -0.3 is 11.1 Å². The zero-order chi connectivity index (χ0) is 18.3. The Morgan fingerprint density at radius 3 is 2.54 bits per heavy atom. The number of anilines is 1. The quantitative estimate of drug-likeness (QED) is 0.761. The van der Waals surface area contributed by atoms with E-state index in [2.05, 4.69) is 15.4 Å². The minimum atomic E-state index is -0.782. The Labute approximate surface area is 149 Å². The van der Waals surface area contributed by atoms with Crippen molar-refractivity contribution in [2.24, 2.45) is 5.73 Å². The summed E-state index contributed by atoms with van der Waals surface area (Å²) in [5.74, 6) is -0.160. The Hall–Kier alpha value is -3.48. The average Bonchev–Trinajstić information content (AvgIpc) is 3.05. The van der Waals surface area contributed by atoms with Gasteiger partial charge >= 0.3 is 0 Å². The van der Waals surface area contributed by atoms with Gasteiger partial charge in [-0.05, 0) is 13.0 Å². The number of benzene rings is 2. The number of nitrogens with one attached hydrogen (secondary N) is 1. The molecule has 2 aromatic carbocycles. The van der Waals surface area contributed by atoms with Gasteiger partial charge in [0.25, 0.3) is 0 Å². The topological polar surface area (TPSA) is 85.8 Å². The third-order valence-corrected chi connectivity index (χ3v) is 4.35. The van der Waals surface area contributed by atoms with Crippen molar-refractivity contribution in [2.75, 3.05) is 5.32 Å². The summed E-state index contributed by atoms with van der Waals surface area (Å²) in [7, 11) is 0. The van der Waals surface area contributed by atoms with E-state index < -0.39 is 17.8 Å². The first-order valence-electron chi connectivity index (χ1n) is 8.10. The molecular formula is C19H16FN5O. The molecule has 6 nitrogen and oxygen atoms in total. The van der Waals surface area contributed by atoms with Crippen LogP contribution in [-0.4, -0.2) is 20.7 Å². The molecule has 26 heavy (non-hydrogen) atoms. The van der Waals surface area contributed by atoms with Gasteiger partial charge in [0, 0.05) is 16.8 Å². The number of halogens is 1. The van der Waals surface area contributed by atoms with Crippen LogP contribution in [0.1, 0.15) is 18.5 Å². The van der Waals surface area contributed by atoms with Crippen molar-refractivity contribution in [3.8, 4) is 11.4 Å². The number of hydrogen-bond donors (Lipinski definition) is 2. The molecule has 130 valence electrons. The van der Waals surface area contributed by atoms with E-state index in [-0.39, 0.29) is 5.57 Å². The lowest BCUT2D eigenvalue weighted by molar-refractivity contribution is -0.115. The number of carbonyl (C=O) groups excluding carboxylic acids is 1. The fraction of sp³-hybridized carbons (Fsp3) is 0.105. The van der Waals surface area contributed by atoms with Crippen molar-refractivity contribution < 1.29 is 9.18 Å². The number of carbonyl (C=O) groups is 1. The van der Waals surface area contributed by atoms with Gasteiger partial charge in [0.1, 0.15) is 11.9 Å². The van der Waals surface area contributed by atoms with Crippen LogP contribution in [0.3, 0.4) is 0 Å². The molecule has 0 radical (unpaired) electrons. The third-order valence-electron chi connectivity index (χ3n) is 4.35. The van der Waals surface area contributed by atoms with E-state index in [0.29, 0.717) is 23.0 Å². The average molecular weight is 349 g/mol. The largest absolute Gasteiger partial charge is 0.366 e. The zero-order valence-electron chi connectivity index (χ0n) is 14.0. The van der Waals surface area contributed by atoms with Crippen molar-refractivity contribution in [2.45, 2.75) is 13.0 Å². The molecule has 1 amide bonds. The molecule has 0 spiro atoms. The second kappa shape index (κ2) is 6.11. The molecule has 2 heterocycles. The lowest BCUT2D eigenvalue weighted by atomic mass is 9.95. The number of rotatable bonds is 3. The fourth-order valence-electron chi connectivity index (χ4n) is 3.16. The summed E-state index contributed by atoms with van der Waals surface area (Å²) in [6, 6.07) is 14.9. The SMILES string of the molecule is CC1=C(C(N)=O)C(c2ccccc2F)n2nc(-c3ccccc3)nc2N1. The molecule has 1 aliphatic heterocycles. The second-order valence-electron chi connectivity index (χ2n) is 6.02. The van der Waals surface area contributed by atoms with Gasteiger partial charge in [-0.2, -0.15) is 4.98 Å². The van der Waals surface area contributed by atoms with Crippen molar-refractivity contribution in [3.05, 3.63) is 77.2 Å². The summed E-state index contributed by atoms with van der Waals surface area (Å²) in [4.78, 5) is 16.6. The van der Waals surface area contributed by atoms with E-state index in [0.717, 1.165) is 5.56 Å². The summed E-state index contributed by atoms with van der Waals surface area (Å²) in [5.41, 5.74) is 7.51. The molecule has 3 aromatic rings. The van der Waals surface area contributed by atoms with Gasteiger partial charge in [-0.15, -0.1) is 5.10 Å². The summed E-state index contributed by atoms with van der Waals surface area (Å²) in [5, 5.41) is 7.57. The molecule has 1 atom stereocenters. The van der Waals surface area contributed by atoms with E-state index in [4.69, 9.17) is 5.73 Å². The van der Waals surface area contributed by atoms with Crippen molar-refractivity contribution in [3.63, 3.8) is 0 Å². The third kappa shape index (κ3) is 2.54. The normalized spacial score (nSPS) is 16.2. The summed E-state index contributed by atoms with van der Waals surface area (Å²) < 4.78 is 16.0. The molecule has 1 aliphatic rings. The molecule has 1 unspecified atom stereocenters. The number of amides is 1. The van der Waals surface area contributed by atoms with Gasteiger partial charge in [-0.1, -0.05) is 48.5 Å². The van der Waals surface area contributed by atoms with Crippen molar-refractivity contribution in [1.82, 2.24) is 14.8 Å². The Balaban J connectivity index is 1.92. The second-order valence-corrected chi connectivity index (χ2v) is 6.02. The van der Waals surface area contributed by atoms with E-state index in [1.54, 1.807) is 25.1 Å². The number of nitrogens with two attached hydrogens (primary N) is 1. The minimum Gasteiger partial charge on any atom is -0.366 e. The van der Waals surface area contributed by atoms with E-state index in [1.807, 2.05) is 30.3 Å².